The summed E-state index contributed by atoms with van der Waals surface area (Å²) in [5, 5.41) is 8.72. The van der Waals surface area contributed by atoms with Gasteiger partial charge in [0.15, 0.2) is 5.16 Å². The van der Waals surface area contributed by atoms with Gasteiger partial charge >= 0.3 is 5.97 Å². The minimum atomic E-state index is -0.345. The van der Waals surface area contributed by atoms with Gasteiger partial charge in [0.25, 0.3) is 0 Å². The van der Waals surface area contributed by atoms with Gasteiger partial charge in [-0.1, -0.05) is 30.8 Å². The number of thioether (sulfide) groups is 1. The van der Waals surface area contributed by atoms with Crippen LogP contribution in [0.15, 0.2) is 29.4 Å². The Morgan fingerprint density at radius 3 is 2.65 bits per heavy atom. The van der Waals surface area contributed by atoms with Crippen LogP contribution in [0.2, 0.25) is 0 Å². The van der Waals surface area contributed by atoms with Crippen molar-refractivity contribution in [2.75, 3.05) is 18.6 Å². The van der Waals surface area contributed by atoms with E-state index in [2.05, 4.69) is 14.9 Å². The van der Waals surface area contributed by atoms with Gasteiger partial charge in [0.1, 0.15) is 0 Å². The molecule has 106 valence electrons. The standard InChI is InChI=1S/C13H16N4O2S/c1-3-20-13-16-15-12(14)17(13)8-9-4-6-10(7-5-9)11(18)19-2/h4-7H,3,8H2,1-2H3,(H2,14,15). The summed E-state index contributed by atoms with van der Waals surface area (Å²) in [5.41, 5.74) is 7.36. The number of methoxy groups -OCH3 is 1. The number of carbonyl (C=O) groups is 1. The first kappa shape index (κ1) is 14.4. The minimum absolute atomic E-state index is 0.345. The van der Waals surface area contributed by atoms with Crippen molar-refractivity contribution in [3.8, 4) is 0 Å². The van der Waals surface area contributed by atoms with Crippen LogP contribution in [0.5, 0.6) is 0 Å². The lowest BCUT2D eigenvalue weighted by Gasteiger charge is -2.08. The summed E-state index contributed by atoms with van der Waals surface area (Å²) >= 11 is 1.59. The first-order valence-electron chi connectivity index (χ1n) is 6.14. The van der Waals surface area contributed by atoms with Gasteiger partial charge in [0.2, 0.25) is 5.95 Å². The van der Waals surface area contributed by atoms with E-state index < -0.39 is 0 Å². The molecule has 0 amide bonds. The quantitative estimate of drug-likeness (QED) is 0.668. The normalized spacial score (nSPS) is 10.5. The maximum atomic E-state index is 11.4. The van der Waals surface area contributed by atoms with E-state index in [-0.39, 0.29) is 5.97 Å². The van der Waals surface area contributed by atoms with Crippen LogP contribution in [0.4, 0.5) is 5.95 Å². The summed E-state index contributed by atoms with van der Waals surface area (Å²) in [6.07, 6.45) is 0. The third kappa shape index (κ3) is 3.11. The van der Waals surface area contributed by atoms with Crippen LogP contribution in [-0.2, 0) is 11.3 Å². The second kappa shape index (κ2) is 6.42. The predicted molar refractivity (Wildman–Crippen MR) is 77.7 cm³/mol. The molecule has 0 radical (unpaired) electrons. The zero-order valence-corrected chi connectivity index (χ0v) is 12.2. The fourth-order valence-corrected chi connectivity index (χ4v) is 2.40. The third-order valence-electron chi connectivity index (χ3n) is 2.73. The van der Waals surface area contributed by atoms with Crippen LogP contribution in [0, 0.1) is 0 Å². The molecule has 0 atom stereocenters. The highest BCUT2D eigenvalue weighted by Crippen LogP contribution is 2.19. The van der Waals surface area contributed by atoms with Gasteiger partial charge in [-0.15, -0.1) is 10.2 Å². The fraction of sp³-hybridized carbons (Fsp3) is 0.308. The van der Waals surface area contributed by atoms with Crippen LogP contribution >= 0.6 is 11.8 Å². The van der Waals surface area contributed by atoms with Crippen LogP contribution in [0.1, 0.15) is 22.8 Å². The zero-order chi connectivity index (χ0) is 14.5. The average molecular weight is 292 g/mol. The van der Waals surface area contributed by atoms with Gasteiger partial charge in [0, 0.05) is 0 Å². The molecule has 0 spiro atoms. The summed E-state index contributed by atoms with van der Waals surface area (Å²) in [6, 6.07) is 7.20. The monoisotopic (exact) mass is 292 g/mol. The molecule has 1 heterocycles. The number of aromatic nitrogens is 3. The number of esters is 1. The lowest BCUT2D eigenvalue weighted by Crippen LogP contribution is -2.07. The molecular formula is C13H16N4O2S. The van der Waals surface area contributed by atoms with Gasteiger partial charge < -0.3 is 10.5 Å². The second-order valence-corrected chi connectivity index (χ2v) is 5.28. The lowest BCUT2D eigenvalue weighted by molar-refractivity contribution is 0.0600. The molecule has 0 saturated carbocycles. The molecule has 6 nitrogen and oxygen atoms in total. The maximum absolute atomic E-state index is 11.4. The largest absolute Gasteiger partial charge is 0.465 e. The molecule has 0 fully saturated rings. The Labute approximate surface area is 121 Å². The van der Waals surface area contributed by atoms with E-state index in [9.17, 15) is 4.79 Å². The molecule has 0 aliphatic rings. The number of hydrogen-bond donors (Lipinski definition) is 1. The molecule has 1 aromatic carbocycles. The molecule has 0 unspecified atom stereocenters. The van der Waals surface area contributed by atoms with Crippen molar-refractivity contribution >= 4 is 23.7 Å². The molecule has 0 bridgehead atoms. The topological polar surface area (TPSA) is 83.0 Å². The number of anilines is 1. The molecule has 2 rings (SSSR count). The van der Waals surface area contributed by atoms with E-state index in [1.165, 1.54) is 7.11 Å². The number of carbonyl (C=O) groups excluding carboxylic acids is 1. The Kier molecular flexibility index (Phi) is 4.62. The Balaban J connectivity index is 2.18. The second-order valence-electron chi connectivity index (χ2n) is 4.05. The third-order valence-corrected chi connectivity index (χ3v) is 3.58. The minimum Gasteiger partial charge on any atom is -0.465 e. The summed E-state index contributed by atoms with van der Waals surface area (Å²) in [7, 11) is 1.36. The average Bonchev–Trinajstić information content (AvgIpc) is 2.81. The predicted octanol–water partition coefficient (Wildman–Crippen LogP) is 1.81. The summed E-state index contributed by atoms with van der Waals surface area (Å²) in [4.78, 5) is 11.4. The SMILES string of the molecule is CCSc1nnc(N)n1Cc1ccc(C(=O)OC)cc1. The summed E-state index contributed by atoms with van der Waals surface area (Å²) < 4.78 is 6.51. The van der Waals surface area contributed by atoms with Crippen LogP contribution in [-0.4, -0.2) is 33.6 Å². The molecule has 7 heteroatoms. The van der Waals surface area contributed by atoms with Crippen LogP contribution in [0.25, 0.3) is 0 Å². The summed E-state index contributed by atoms with van der Waals surface area (Å²) in [5.74, 6) is 0.944. The molecule has 0 saturated heterocycles. The number of ether oxygens (including phenoxy) is 1. The van der Waals surface area contributed by atoms with E-state index in [4.69, 9.17) is 5.73 Å². The number of nitrogens with two attached hydrogens (primary N) is 1. The van der Waals surface area contributed by atoms with Crippen molar-refractivity contribution < 1.29 is 9.53 Å². The highest BCUT2D eigenvalue weighted by molar-refractivity contribution is 7.99. The van der Waals surface area contributed by atoms with Gasteiger partial charge in [-0.25, -0.2) is 4.79 Å². The number of hydrogen-bond acceptors (Lipinski definition) is 6. The van der Waals surface area contributed by atoms with Crippen LogP contribution in [0.3, 0.4) is 0 Å². The molecule has 2 aromatic rings. The fourth-order valence-electron chi connectivity index (χ4n) is 1.73. The van der Waals surface area contributed by atoms with Crippen LogP contribution < -0.4 is 5.73 Å². The Bertz CT molecular complexity index is 595. The zero-order valence-electron chi connectivity index (χ0n) is 11.4. The van der Waals surface area contributed by atoms with Crippen molar-refractivity contribution in [3.63, 3.8) is 0 Å². The lowest BCUT2D eigenvalue weighted by atomic mass is 10.1. The molecule has 0 aliphatic heterocycles. The van der Waals surface area contributed by atoms with Gasteiger partial charge in [-0.05, 0) is 23.4 Å². The van der Waals surface area contributed by atoms with Gasteiger partial charge in [-0.2, -0.15) is 0 Å². The molecule has 1 aromatic heterocycles. The van der Waals surface area contributed by atoms with Crippen molar-refractivity contribution in [1.29, 1.82) is 0 Å². The van der Waals surface area contributed by atoms with Gasteiger partial charge in [-0.3, -0.25) is 4.57 Å². The number of rotatable bonds is 5. The maximum Gasteiger partial charge on any atom is 0.337 e. The molecular weight excluding hydrogens is 276 g/mol. The Morgan fingerprint density at radius 1 is 1.35 bits per heavy atom. The number of nitrogen functional groups attached to an aromatic ring is 1. The highest BCUT2D eigenvalue weighted by atomic mass is 32.2. The highest BCUT2D eigenvalue weighted by Gasteiger charge is 2.10. The first-order chi connectivity index (χ1) is 9.65. The van der Waals surface area contributed by atoms with Crippen molar-refractivity contribution in [2.24, 2.45) is 0 Å². The van der Waals surface area contributed by atoms with Crippen molar-refractivity contribution in [3.05, 3.63) is 35.4 Å². The van der Waals surface area contributed by atoms with E-state index in [0.717, 1.165) is 16.5 Å². The molecule has 2 N–H and O–H groups in total. The Morgan fingerprint density at radius 2 is 2.05 bits per heavy atom. The van der Waals surface area contributed by atoms with E-state index in [0.29, 0.717) is 18.1 Å². The van der Waals surface area contributed by atoms with Gasteiger partial charge in [0.05, 0.1) is 19.2 Å². The molecule has 20 heavy (non-hydrogen) atoms. The van der Waals surface area contributed by atoms with E-state index in [1.807, 2.05) is 23.6 Å². The number of nitrogens with zero attached hydrogens (tertiary/aromatic N) is 3. The van der Waals surface area contributed by atoms with Crippen molar-refractivity contribution in [2.45, 2.75) is 18.6 Å². The Hall–Kier alpha value is -2.02. The van der Waals surface area contributed by atoms with E-state index in [1.54, 1.807) is 23.9 Å². The summed E-state index contributed by atoms with van der Waals surface area (Å²) in [6.45, 7) is 2.62. The first-order valence-corrected chi connectivity index (χ1v) is 7.13. The number of benzene rings is 1. The smallest absolute Gasteiger partial charge is 0.337 e. The molecule has 0 aliphatic carbocycles. The van der Waals surface area contributed by atoms with E-state index >= 15 is 0 Å². The van der Waals surface area contributed by atoms with Crippen molar-refractivity contribution in [1.82, 2.24) is 14.8 Å².